The van der Waals surface area contributed by atoms with Gasteiger partial charge >= 0.3 is 7.60 Å². The molecule has 0 heterocycles. The zero-order valence-electron chi connectivity index (χ0n) is 21.6. The minimum Gasteiger partial charge on any atom is -0.320 e. The van der Waals surface area contributed by atoms with Gasteiger partial charge in [-0.3, -0.25) is 4.57 Å². The predicted molar refractivity (Wildman–Crippen MR) is 137 cm³/mol. The van der Waals surface area contributed by atoms with Crippen LogP contribution in [0.25, 0.3) is 0 Å². The molecule has 0 aromatic rings. The summed E-state index contributed by atoms with van der Waals surface area (Å²) >= 11 is 0. The average Bonchev–Trinajstić information content (AvgIpc) is 2.68. The van der Waals surface area contributed by atoms with Crippen molar-refractivity contribution in [2.75, 3.05) is 27.7 Å². The molecule has 0 fully saturated rings. The number of allylic oxidation sites excluding steroid dienone is 2. The fourth-order valence-corrected chi connectivity index (χ4v) is 6.10. The molecule has 0 saturated carbocycles. The van der Waals surface area contributed by atoms with Crippen LogP contribution < -0.4 is 0 Å². The summed E-state index contributed by atoms with van der Waals surface area (Å²) in [5.41, 5.74) is 0. The highest BCUT2D eigenvalue weighted by Gasteiger charge is 2.41. The molecule has 0 aromatic heterocycles. The summed E-state index contributed by atoms with van der Waals surface area (Å²) in [6.45, 7) is 4.62. The fourth-order valence-electron chi connectivity index (χ4n) is 4.20. The van der Waals surface area contributed by atoms with Gasteiger partial charge in [0.2, 0.25) is 0 Å². The van der Waals surface area contributed by atoms with E-state index in [9.17, 15) is 9.46 Å². The van der Waals surface area contributed by atoms with Crippen molar-refractivity contribution in [2.45, 2.75) is 129 Å². The van der Waals surface area contributed by atoms with E-state index >= 15 is 0 Å². The van der Waals surface area contributed by atoms with E-state index in [-0.39, 0.29) is 5.78 Å². The Bertz CT molecular complexity index is 474. The monoisotopic (exact) mass is 460 g/mol. The predicted octanol–water partition coefficient (Wildman–Crippen LogP) is 8.45. The Labute approximate surface area is 195 Å². The van der Waals surface area contributed by atoms with Crippen LogP contribution in [-0.4, -0.2) is 42.9 Å². The van der Waals surface area contributed by atoms with Gasteiger partial charge in [-0.2, -0.15) is 0 Å². The van der Waals surface area contributed by atoms with Crippen LogP contribution in [0.5, 0.6) is 0 Å². The van der Waals surface area contributed by atoms with E-state index in [0.717, 1.165) is 12.8 Å². The Hall–Kier alpha value is -0.150. The second-order valence-electron chi connectivity index (χ2n) is 10.0. The van der Waals surface area contributed by atoms with Gasteiger partial charge in [0.05, 0.1) is 27.7 Å². The summed E-state index contributed by atoms with van der Waals surface area (Å²) in [6.07, 6.45) is 25.9. The molecule has 1 N–H and O–H groups in total. The van der Waals surface area contributed by atoms with E-state index in [1.165, 1.54) is 89.9 Å². The first-order chi connectivity index (χ1) is 14.8. The lowest BCUT2D eigenvalue weighted by atomic mass is 10.1. The lowest BCUT2D eigenvalue weighted by molar-refractivity contribution is -0.883. The van der Waals surface area contributed by atoms with E-state index in [0.29, 0.717) is 17.5 Å². The van der Waals surface area contributed by atoms with Crippen LogP contribution in [0.15, 0.2) is 12.2 Å². The maximum atomic E-state index is 12.5. The molecule has 0 aliphatic heterocycles. The van der Waals surface area contributed by atoms with Crippen molar-refractivity contribution in [3.63, 3.8) is 0 Å². The number of hydrogen-bond donors (Lipinski definition) is 1. The third-order valence-corrected chi connectivity index (χ3v) is 8.43. The molecule has 0 amide bonds. The summed E-state index contributed by atoms with van der Waals surface area (Å²) in [6, 6.07) is 0. The lowest BCUT2D eigenvalue weighted by Gasteiger charge is -2.35. The van der Waals surface area contributed by atoms with Crippen LogP contribution in [0.2, 0.25) is 0 Å². The summed E-state index contributed by atoms with van der Waals surface area (Å²) in [7, 11) is 2.31. The van der Waals surface area contributed by atoms with Gasteiger partial charge in [-0.05, 0) is 32.1 Å². The maximum absolute atomic E-state index is 12.5. The van der Waals surface area contributed by atoms with Crippen molar-refractivity contribution < 1.29 is 18.5 Å². The molecule has 0 aliphatic rings. The smallest absolute Gasteiger partial charge is 0.320 e. The Morgan fingerprint density at radius 2 is 1.16 bits per heavy atom. The van der Waals surface area contributed by atoms with Gasteiger partial charge in [-0.1, -0.05) is 96.6 Å². The van der Waals surface area contributed by atoms with Crippen LogP contribution in [0.1, 0.15) is 123 Å². The molecule has 0 aliphatic carbocycles. The largest absolute Gasteiger partial charge is 0.385 e. The summed E-state index contributed by atoms with van der Waals surface area (Å²) < 4.78 is 18.4. The molecule has 0 aromatic carbocycles. The van der Waals surface area contributed by atoms with Crippen LogP contribution in [0, 0.1) is 0 Å². The van der Waals surface area contributed by atoms with Crippen molar-refractivity contribution in [1.29, 1.82) is 0 Å². The van der Waals surface area contributed by atoms with E-state index in [1.54, 1.807) is 0 Å². The standard InChI is InChI=1S/C26H54NO3P/c1-6-8-9-10-11-12-13-14-15-16-17-18-19-20-21-22-23-24-25-30-31(28,29)26(7-2)27(3,4)5/h12-13,26H,6-11,14-25H2,1-5H3/p+1. The van der Waals surface area contributed by atoms with Crippen LogP contribution in [-0.2, 0) is 9.09 Å². The van der Waals surface area contributed by atoms with E-state index in [1.807, 2.05) is 28.1 Å². The number of quaternary nitrogens is 1. The second-order valence-corrected chi connectivity index (χ2v) is 12.0. The van der Waals surface area contributed by atoms with Crippen molar-refractivity contribution in [2.24, 2.45) is 0 Å². The van der Waals surface area contributed by atoms with Crippen molar-refractivity contribution >= 4 is 7.60 Å². The molecular weight excluding hydrogens is 405 g/mol. The molecule has 2 atom stereocenters. The Balaban J connectivity index is 3.46. The van der Waals surface area contributed by atoms with Gasteiger partial charge in [0.1, 0.15) is 0 Å². The molecule has 0 saturated heterocycles. The molecule has 4 nitrogen and oxygen atoms in total. The second kappa shape index (κ2) is 19.3. The van der Waals surface area contributed by atoms with Crippen LogP contribution >= 0.6 is 7.60 Å². The van der Waals surface area contributed by atoms with Crippen LogP contribution in [0.4, 0.5) is 0 Å². The highest BCUT2D eigenvalue weighted by molar-refractivity contribution is 7.53. The zero-order chi connectivity index (χ0) is 23.4. The van der Waals surface area contributed by atoms with Gasteiger partial charge in [-0.25, -0.2) is 0 Å². The number of hydrogen-bond acceptors (Lipinski definition) is 2. The van der Waals surface area contributed by atoms with E-state index in [4.69, 9.17) is 4.52 Å². The quantitative estimate of drug-likeness (QED) is 0.0763. The van der Waals surface area contributed by atoms with Gasteiger partial charge in [-0.15, -0.1) is 0 Å². The normalized spacial score (nSPS) is 15.4. The Kier molecular flexibility index (Phi) is 19.2. The van der Waals surface area contributed by atoms with Crippen molar-refractivity contribution in [1.82, 2.24) is 0 Å². The summed E-state index contributed by atoms with van der Waals surface area (Å²) in [5, 5.41) is 0. The highest BCUT2D eigenvalue weighted by atomic mass is 31.2. The fraction of sp³-hybridized carbons (Fsp3) is 0.923. The SMILES string of the molecule is CCCCCCC=CCCCCCCCCCCCCOP(=O)(O)C(CC)[N+](C)(C)C. The summed E-state index contributed by atoms with van der Waals surface area (Å²) in [5.74, 6) is -0.348. The number of nitrogens with zero attached hydrogens (tertiary/aromatic N) is 1. The van der Waals surface area contributed by atoms with Gasteiger partial charge in [0.25, 0.3) is 0 Å². The Morgan fingerprint density at radius 1 is 0.742 bits per heavy atom. The lowest BCUT2D eigenvalue weighted by Crippen LogP contribution is -2.44. The molecule has 0 bridgehead atoms. The molecule has 0 rings (SSSR count). The maximum Gasteiger partial charge on any atom is 0.385 e. The van der Waals surface area contributed by atoms with E-state index < -0.39 is 7.60 Å². The first-order valence-corrected chi connectivity index (χ1v) is 14.8. The topological polar surface area (TPSA) is 46.5 Å². The van der Waals surface area contributed by atoms with Crippen LogP contribution in [0.3, 0.4) is 0 Å². The molecule has 186 valence electrons. The molecule has 5 heteroatoms. The zero-order valence-corrected chi connectivity index (χ0v) is 22.5. The minimum absolute atomic E-state index is 0.348. The van der Waals surface area contributed by atoms with Gasteiger partial charge in [0.15, 0.2) is 5.78 Å². The Morgan fingerprint density at radius 3 is 1.58 bits per heavy atom. The summed E-state index contributed by atoms with van der Waals surface area (Å²) in [4.78, 5) is 10.3. The number of rotatable bonds is 22. The molecular formula is C26H55NO3P+. The third kappa shape index (κ3) is 18.0. The van der Waals surface area contributed by atoms with Crippen molar-refractivity contribution in [3.05, 3.63) is 12.2 Å². The van der Waals surface area contributed by atoms with Gasteiger partial charge < -0.3 is 13.9 Å². The first-order valence-electron chi connectivity index (χ1n) is 13.2. The highest BCUT2D eigenvalue weighted by Crippen LogP contribution is 2.51. The number of unbranched alkanes of at least 4 members (excludes halogenated alkanes) is 14. The molecule has 2 unspecified atom stereocenters. The minimum atomic E-state index is -3.55. The first kappa shape index (κ1) is 30.9. The van der Waals surface area contributed by atoms with Crippen molar-refractivity contribution in [3.8, 4) is 0 Å². The molecule has 0 radical (unpaired) electrons. The van der Waals surface area contributed by atoms with Gasteiger partial charge in [0, 0.05) is 6.42 Å². The molecule has 0 spiro atoms. The average molecular weight is 461 g/mol. The van der Waals surface area contributed by atoms with E-state index in [2.05, 4.69) is 19.1 Å². The molecule has 31 heavy (non-hydrogen) atoms. The third-order valence-electron chi connectivity index (χ3n) is 6.07.